The first kappa shape index (κ1) is 29.0. The third kappa shape index (κ3) is 5.49. The number of nitriles is 1. The van der Waals surface area contributed by atoms with Crippen LogP contribution >= 0.6 is 31.9 Å². The van der Waals surface area contributed by atoms with Crippen molar-refractivity contribution < 1.29 is 31.8 Å². The van der Waals surface area contributed by atoms with E-state index in [0.29, 0.717) is 46.0 Å². The molecular weight excluding hydrogens is 677 g/mol. The molecule has 206 valence electrons. The normalized spacial score (nSPS) is 25.2. The predicted molar refractivity (Wildman–Crippen MR) is 144 cm³/mol. The zero-order chi connectivity index (χ0) is 27.9. The summed E-state index contributed by atoms with van der Waals surface area (Å²) in [4.78, 5) is 27.2. The van der Waals surface area contributed by atoms with Gasteiger partial charge in [0.2, 0.25) is 0 Å². The number of halogens is 3. The number of nitrogens with zero attached hydrogens (tertiary/aromatic N) is 6. The van der Waals surface area contributed by atoms with Gasteiger partial charge >= 0.3 is 39.2 Å². The number of rotatable bonds is 4. The van der Waals surface area contributed by atoms with Crippen molar-refractivity contribution in [3.63, 3.8) is 0 Å². The Bertz CT molecular complexity index is 1390. The molecule has 0 radical (unpaired) electrons. The maximum atomic E-state index is 15.4. The fraction of sp³-hybridized carbons (Fsp3) is 0.480. The number of imidazole rings is 1. The van der Waals surface area contributed by atoms with Crippen LogP contribution in [0.2, 0.25) is 5.02 Å². The van der Waals surface area contributed by atoms with Crippen LogP contribution < -0.4 is 4.90 Å². The van der Waals surface area contributed by atoms with E-state index in [-0.39, 0.29) is 19.5 Å². The molecule has 1 N–H and O–H groups in total. The maximum absolute atomic E-state index is 15.4. The molecule has 13 heteroatoms. The van der Waals surface area contributed by atoms with Gasteiger partial charge in [-0.25, -0.2) is 19.2 Å². The average molecular weight is 703 g/mol. The average Bonchev–Trinajstić information content (AvgIpc) is 3.43. The second-order valence-corrected chi connectivity index (χ2v) is 11.0. The summed E-state index contributed by atoms with van der Waals surface area (Å²) in [5.74, 6) is 0.313. The Morgan fingerprint density at radius 3 is 2.71 bits per heavy atom. The van der Waals surface area contributed by atoms with Crippen LogP contribution in [0.4, 0.5) is 15.0 Å². The van der Waals surface area contributed by atoms with E-state index in [2.05, 4.69) is 33.8 Å². The standard InChI is InChI=1S/C25H26ClFN6O3.Cu.HI/c1-23(2,35)19-9-30-20(10-29-19)33-13-25(36-22(33)34)5-4-18(27)24(3,11-25)12-32-14-31-21-16(26)6-15(8-28)7-17(21)32;;/h6-7,9-10,14,18,35H,4-5,11-13H2,1-3H3;;1H/q;+1;/p-1/t18-,24+,25+;;/m1../s1. The zero-order valence-corrected chi connectivity index (χ0v) is 24.7. The van der Waals surface area contributed by atoms with Crippen molar-refractivity contribution in [2.24, 2.45) is 5.41 Å². The van der Waals surface area contributed by atoms with E-state index in [0.717, 1.165) is 0 Å². The summed E-state index contributed by atoms with van der Waals surface area (Å²) in [5, 5.41) is 19.8. The number of hydrogen-bond acceptors (Lipinski definition) is 7. The molecule has 3 aromatic rings. The molecule has 5 rings (SSSR count). The number of amides is 1. The fourth-order valence-corrected chi connectivity index (χ4v) is 5.59. The second kappa shape index (κ2) is 10.8. The van der Waals surface area contributed by atoms with E-state index in [1.54, 1.807) is 52.7 Å². The molecule has 1 amide bonds. The summed E-state index contributed by atoms with van der Waals surface area (Å²) in [6, 6.07) is 5.33. The Kier molecular flexibility index (Phi) is 8.27. The van der Waals surface area contributed by atoms with Gasteiger partial charge in [0.05, 0.1) is 53.1 Å². The number of carbonyl (C=O) groups excluding carboxylic acids is 1. The number of ether oxygens (including phenoxy) is 1. The SMILES string of the molecule is CC(C)(O)c1cnc(N2C[C@@]3(CC[C@@H](F)[C@](C)(Cn4cnc5c(Cl)cc(C#N)cc54)C3)OC2=O)cn1.[Cu][I]. The molecule has 0 unspecified atom stereocenters. The van der Waals surface area contributed by atoms with Crippen molar-refractivity contribution in [3.8, 4) is 6.07 Å². The van der Waals surface area contributed by atoms with Crippen molar-refractivity contribution in [2.45, 2.75) is 64.0 Å². The molecule has 38 heavy (non-hydrogen) atoms. The first-order valence-electron chi connectivity index (χ1n) is 11.8. The van der Waals surface area contributed by atoms with Crippen molar-refractivity contribution in [1.82, 2.24) is 19.5 Å². The summed E-state index contributed by atoms with van der Waals surface area (Å²) in [6.45, 7) is 5.54. The molecule has 3 atom stereocenters. The topological polar surface area (TPSA) is 117 Å². The molecule has 2 fully saturated rings. The van der Waals surface area contributed by atoms with E-state index < -0.39 is 28.9 Å². The first-order chi connectivity index (χ1) is 17.9. The van der Waals surface area contributed by atoms with Crippen molar-refractivity contribution in [2.75, 3.05) is 11.4 Å². The van der Waals surface area contributed by atoms with Gasteiger partial charge in [-0.05, 0) is 45.2 Å². The van der Waals surface area contributed by atoms with Gasteiger partial charge in [-0.1, -0.05) is 18.5 Å². The van der Waals surface area contributed by atoms with Crippen LogP contribution in [0.25, 0.3) is 11.0 Å². The summed E-state index contributed by atoms with van der Waals surface area (Å²) >= 11 is 12.2. The number of aliphatic hydroxyl groups is 1. The summed E-state index contributed by atoms with van der Waals surface area (Å²) in [6.07, 6.45) is 3.69. The monoisotopic (exact) mass is 702 g/mol. The first-order valence-corrected chi connectivity index (χ1v) is 15.2. The molecule has 0 bridgehead atoms. The molecule has 1 aliphatic heterocycles. The summed E-state index contributed by atoms with van der Waals surface area (Å²) in [5.41, 5.74) is -0.925. The summed E-state index contributed by atoms with van der Waals surface area (Å²) < 4.78 is 23.1. The van der Waals surface area contributed by atoms with Crippen LogP contribution in [0.5, 0.6) is 0 Å². The van der Waals surface area contributed by atoms with E-state index in [4.69, 9.17) is 16.3 Å². The van der Waals surface area contributed by atoms with Gasteiger partial charge in [0, 0.05) is 12.0 Å². The molecule has 1 saturated carbocycles. The number of aromatic nitrogens is 4. The molecule has 1 spiro atoms. The second-order valence-electron chi connectivity index (χ2n) is 10.6. The van der Waals surface area contributed by atoms with Crippen LogP contribution in [0.1, 0.15) is 51.3 Å². The molecule has 3 heterocycles. The van der Waals surface area contributed by atoms with E-state index in [1.807, 2.05) is 11.5 Å². The van der Waals surface area contributed by atoms with E-state index in [9.17, 15) is 15.2 Å². The molecule has 1 aliphatic carbocycles. The van der Waals surface area contributed by atoms with E-state index >= 15 is 4.39 Å². The van der Waals surface area contributed by atoms with Gasteiger partial charge in [0.1, 0.15) is 22.9 Å². The van der Waals surface area contributed by atoms with Crippen molar-refractivity contribution in [1.29, 1.82) is 5.26 Å². The van der Waals surface area contributed by atoms with Crippen LogP contribution in [0.3, 0.4) is 0 Å². The van der Waals surface area contributed by atoms with Gasteiger partial charge in [-0.2, -0.15) is 5.26 Å². The predicted octanol–water partition coefficient (Wildman–Crippen LogP) is 5.39. The third-order valence-corrected chi connectivity index (χ3v) is 7.48. The number of anilines is 1. The number of alkyl halides is 1. The van der Waals surface area contributed by atoms with Gasteiger partial charge in [-0.15, -0.1) is 0 Å². The molecule has 2 aliphatic rings. The number of hydrogen-bond donors (Lipinski definition) is 1. The molecule has 1 saturated heterocycles. The Labute approximate surface area is 244 Å². The Morgan fingerprint density at radius 1 is 1.34 bits per heavy atom. The van der Waals surface area contributed by atoms with E-state index in [1.165, 1.54) is 17.3 Å². The zero-order valence-electron chi connectivity index (χ0n) is 20.9. The minimum absolute atomic E-state index is 0.222. The fourth-order valence-electron chi connectivity index (χ4n) is 5.33. The van der Waals surface area contributed by atoms with Gasteiger partial charge in [0.15, 0.2) is 5.82 Å². The van der Waals surface area contributed by atoms with Crippen LogP contribution in [0, 0.1) is 16.7 Å². The number of carbonyl (C=O) groups is 1. The Morgan fingerprint density at radius 2 is 2.08 bits per heavy atom. The van der Waals surface area contributed by atoms with Crippen molar-refractivity contribution in [3.05, 3.63) is 47.1 Å². The minimum atomic E-state index is -1.16. The van der Waals surface area contributed by atoms with Gasteiger partial charge in [0.25, 0.3) is 0 Å². The quantitative estimate of drug-likeness (QED) is 0.287. The Hall–Kier alpha value is -2.04. The number of fused-ring (bicyclic) bond motifs is 1. The van der Waals surface area contributed by atoms with Crippen LogP contribution in [-0.4, -0.2) is 49.0 Å². The Balaban J connectivity index is 0.00000164. The van der Waals surface area contributed by atoms with Crippen molar-refractivity contribution >= 4 is 54.9 Å². The van der Waals surface area contributed by atoms with Crippen LogP contribution in [0.15, 0.2) is 30.9 Å². The third-order valence-electron chi connectivity index (χ3n) is 7.19. The van der Waals surface area contributed by atoms with Gasteiger partial charge < -0.3 is 14.4 Å². The molecule has 1 aromatic carbocycles. The van der Waals surface area contributed by atoms with Gasteiger partial charge in [-0.3, -0.25) is 9.88 Å². The van der Waals surface area contributed by atoms with Crippen LogP contribution in [-0.2, 0) is 29.6 Å². The number of benzene rings is 1. The molecule has 2 aromatic heterocycles. The molecular formula is C25H26ClCuFIN6O3. The summed E-state index contributed by atoms with van der Waals surface area (Å²) in [7, 11) is 0. The molecule has 9 nitrogen and oxygen atoms in total.